The van der Waals surface area contributed by atoms with Crippen molar-refractivity contribution >= 4 is 6.29 Å². The number of aldehydes is 1. The minimum Gasteiger partial charge on any atom is -0.298 e. The van der Waals surface area contributed by atoms with Gasteiger partial charge in [-0.1, -0.05) is 12.7 Å². The van der Waals surface area contributed by atoms with E-state index in [1.54, 1.807) is 0 Å². The molecule has 0 saturated carbocycles. The zero-order valence-electron chi connectivity index (χ0n) is 7.53. The molecule has 13 heavy (non-hydrogen) atoms. The van der Waals surface area contributed by atoms with Crippen LogP contribution in [0.15, 0.2) is 23.8 Å². The lowest BCUT2D eigenvalue weighted by molar-refractivity contribution is -0.235. The Morgan fingerprint density at radius 2 is 2.62 bits per heavy atom. The Balaban J connectivity index is 2.45. The van der Waals surface area contributed by atoms with Gasteiger partial charge < -0.3 is 0 Å². The molecular formula is C10H14O3. The van der Waals surface area contributed by atoms with Gasteiger partial charge in [-0.25, -0.2) is 4.89 Å². The van der Waals surface area contributed by atoms with Crippen LogP contribution in [0.4, 0.5) is 0 Å². The highest BCUT2D eigenvalue weighted by molar-refractivity contribution is 5.73. The number of carbonyl (C=O) groups is 1. The minimum atomic E-state index is 0.189. The molecule has 0 aliphatic heterocycles. The Bertz CT molecular complexity index is 230. The first-order valence-corrected chi connectivity index (χ1v) is 4.36. The van der Waals surface area contributed by atoms with Gasteiger partial charge in [0.2, 0.25) is 0 Å². The molecule has 1 aliphatic carbocycles. The zero-order chi connectivity index (χ0) is 9.68. The molecule has 72 valence electrons. The van der Waals surface area contributed by atoms with Crippen molar-refractivity contribution < 1.29 is 14.9 Å². The molecular weight excluding hydrogens is 168 g/mol. The predicted molar refractivity (Wildman–Crippen MR) is 49.2 cm³/mol. The molecule has 0 spiro atoms. The first-order valence-electron chi connectivity index (χ1n) is 4.36. The summed E-state index contributed by atoms with van der Waals surface area (Å²) >= 11 is 0. The first kappa shape index (κ1) is 10.2. The highest BCUT2D eigenvalue weighted by atomic mass is 17.1. The van der Waals surface area contributed by atoms with Gasteiger partial charge in [0.1, 0.15) is 12.9 Å². The fraction of sp³-hybridized carbons (Fsp3) is 0.500. The summed E-state index contributed by atoms with van der Waals surface area (Å²) in [5.74, 6) is 0.343. The van der Waals surface area contributed by atoms with E-state index in [9.17, 15) is 4.79 Å². The SMILES string of the molecule is C=C(COO)[C@@H]1CC=C(C=O)CC1. The van der Waals surface area contributed by atoms with Crippen LogP contribution in [0.2, 0.25) is 0 Å². The molecule has 0 bridgehead atoms. The number of rotatable bonds is 4. The Hall–Kier alpha value is -0.930. The van der Waals surface area contributed by atoms with Crippen LogP contribution in [-0.2, 0) is 9.68 Å². The molecule has 0 saturated heterocycles. The van der Waals surface area contributed by atoms with Crippen molar-refractivity contribution in [1.82, 2.24) is 0 Å². The summed E-state index contributed by atoms with van der Waals surface area (Å²) in [5, 5.41) is 8.23. The van der Waals surface area contributed by atoms with Crippen molar-refractivity contribution in [3.8, 4) is 0 Å². The van der Waals surface area contributed by atoms with Crippen LogP contribution in [0.1, 0.15) is 19.3 Å². The van der Waals surface area contributed by atoms with Crippen molar-refractivity contribution in [3.05, 3.63) is 23.8 Å². The van der Waals surface area contributed by atoms with E-state index in [1.807, 2.05) is 6.08 Å². The molecule has 0 fully saturated rings. The van der Waals surface area contributed by atoms with Gasteiger partial charge in [-0.2, -0.15) is 0 Å². The van der Waals surface area contributed by atoms with E-state index >= 15 is 0 Å². The molecule has 1 atom stereocenters. The second kappa shape index (κ2) is 4.94. The second-order valence-corrected chi connectivity index (χ2v) is 3.30. The van der Waals surface area contributed by atoms with Gasteiger partial charge >= 0.3 is 0 Å². The highest BCUT2D eigenvalue weighted by Crippen LogP contribution is 2.27. The van der Waals surface area contributed by atoms with E-state index in [0.717, 1.165) is 36.7 Å². The topological polar surface area (TPSA) is 46.5 Å². The van der Waals surface area contributed by atoms with E-state index in [-0.39, 0.29) is 6.61 Å². The zero-order valence-corrected chi connectivity index (χ0v) is 7.53. The molecule has 0 aromatic carbocycles. The number of carbonyl (C=O) groups excluding carboxylic acids is 1. The fourth-order valence-electron chi connectivity index (χ4n) is 1.53. The van der Waals surface area contributed by atoms with Crippen molar-refractivity contribution in [2.24, 2.45) is 5.92 Å². The third-order valence-corrected chi connectivity index (χ3v) is 2.42. The lowest BCUT2D eigenvalue weighted by Gasteiger charge is -2.21. The Morgan fingerprint density at radius 3 is 3.08 bits per heavy atom. The molecule has 1 aliphatic rings. The van der Waals surface area contributed by atoms with E-state index in [0.29, 0.717) is 5.92 Å². The molecule has 3 heteroatoms. The first-order chi connectivity index (χ1) is 6.27. The van der Waals surface area contributed by atoms with Crippen molar-refractivity contribution in [2.45, 2.75) is 19.3 Å². The number of hydrogen-bond donors (Lipinski definition) is 1. The van der Waals surface area contributed by atoms with E-state index in [1.165, 1.54) is 0 Å². The monoisotopic (exact) mass is 182 g/mol. The van der Waals surface area contributed by atoms with Gasteiger partial charge in [0.15, 0.2) is 0 Å². The van der Waals surface area contributed by atoms with E-state index in [2.05, 4.69) is 11.5 Å². The largest absolute Gasteiger partial charge is 0.298 e. The van der Waals surface area contributed by atoms with Gasteiger partial charge in [0.25, 0.3) is 0 Å². The highest BCUT2D eigenvalue weighted by Gasteiger charge is 2.16. The van der Waals surface area contributed by atoms with Crippen molar-refractivity contribution in [3.63, 3.8) is 0 Å². The average molecular weight is 182 g/mol. The van der Waals surface area contributed by atoms with Crippen LogP contribution in [0.25, 0.3) is 0 Å². The second-order valence-electron chi connectivity index (χ2n) is 3.30. The summed E-state index contributed by atoms with van der Waals surface area (Å²) in [5.41, 5.74) is 1.76. The van der Waals surface area contributed by atoms with Crippen LogP contribution in [0.5, 0.6) is 0 Å². The van der Waals surface area contributed by atoms with Crippen LogP contribution >= 0.6 is 0 Å². The minimum absolute atomic E-state index is 0.189. The summed E-state index contributed by atoms with van der Waals surface area (Å²) in [6.45, 7) is 4.01. The number of hydrogen-bond acceptors (Lipinski definition) is 3. The lowest BCUT2D eigenvalue weighted by Crippen LogP contribution is -2.11. The van der Waals surface area contributed by atoms with Gasteiger partial charge in [0.05, 0.1) is 0 Å². The summed E-state index contributed by atoms with van der Waals surface area (Å²) in [6, 6.07) is 0. The summed E-state index contributed by atoms with van der Waals surface area (Å²) in [7, 11) is 0. The van der Waals surface area contributed by atoms with Gasteiger partial charge in [0, 0.05) is 0 Å². The maximum absolute atomic E-state index is 10.4. The third kappa shape index (κ3) is 2.79. The number of allylic oxidation sites excluding steroid dienone is 2. The molecule has 0 radical (unpaired) electrons. The lowest BCUT2D eigenvalue weighted by atomic mass is 9.85. The average Bonchev–Trinajstić information content (AvgIpc) is 2.18. The molecule has 1 N–H and O–H groups in total. The Labute approximate surface area is 77.6 Å². The quantitative estimate of drug-likeness (QED) is 0.313. The summed E-state index contributed by atoms with van der Waals surface area (Å²) < 4.78 is 0. The molecule has 0 heterocycles. The Morgan fingerprint density at radius 1 is 1.85 bits per heavy atom. The smallest absolute Gasteiger partial charge is 0.145 e. The van der Waals surface area contributed by atoms with Crippen LogP contribution < -0.4 is 0 Å². The van der Waals surface area contributed by atoms with Crippen molar-refractivity contribution in [1.29, 1.82) is 0 Å². The van der Waals surface area contributed by atoms with E-state index in [4.69, 9.17) is 5.26 Å². The summed E-state index contributed by atoms with van der Waals surface area (Å²) in [6.07, 6.45) is 5.40. The molecule has 1 rings (SSSR count). The van der Waals surface area contributed by atoms with E-state index < -0.39 is 0 Å². The van der Waals surface area contributed by atoms with Crippen LogP contribution in [0, 0.1) is 5.92 Å². The molecule has 0 aromatic heterocycles. The van der Waals surface area contributed by atoms with Gasteiger partial charge in [-0.15, -0.1) is 0 Å². The molecule has 0 amide bonds. The van der Waals surface area contributed by atoms with Crippen molar-refractivity contribution in [2.75, 3.05) is 6.61 Å². The Kier molecular flexibility index (Phi) is 3.86. The fourth-order valence-corrected chi connectivity index (χ4v) is 1.53. The summed E-state index contributed by atoms with van der Waals surface area (Å²) in [4.78, 5) is 14.4. The third-order valence-electron chi connectivity index (χ3n) is 2.42. The molecule has 3 nitrogen and oxygen atoms in total. The van der Waals surface area contributed by atoms with Gasteiger partial charge in [-0.3, -0.25) is 10.1 Å². The predicted octanol–water partition coefficient (Wildman–Crippen LogP) is 1.96. The maximum atomic E-state index is 10.4. The molecule has 0 aromatic rings. The maximum Gasteiger partial charge on any atom is 0.145 e. The standard InChI is InChI=1S/C10H14O3/c1-8(7-13-12)10-4-2-9(6-11)3-5-10/h2,6,10,12H,1,3-5,7H2/t10-/m1/s1. The van der Waals surface area contributed by atoms with Crippen LogP contribution in [-0.4, -0.2) is 18.2 Å². The normalized spacial score (nSPS) is 22.2. The molecule has 0 unspecified atom stereocenters. The van der Waals surface area contributed by atoms with Crippen LogP contribution in [0.3, 0.4) is 0 Å². The van der Waals surface area contributed by atoms with Gasteiger partial charge in [-0.05, 0) is 36.3 Å².